The number of hydrogen-bond acceptors (Lipinski definition) is 1. The minimum Gasteiger partial charge on any atom is -0.324 e. The fourth-order valence-corrected chi connectivity index (χ4v) is 3.44. The molecule has 1 heteroatoms. The highest BCUT2D eigenvalue weighted by Gasteiger charge is 2.39. The molecule has 0 radical (unpaired) electrons. The van der Waals surface area contributed by atoms with Gasteiger partial charge in [-0.05, 0) is 47.3 Å². The third-order valence-corrected chi connectivity index (χ3v) is 4.33. The first-order valence-electron chi connectivity index (χ1n) is 5.98. The van der Waals surface area contributed by atoms with Crippen molar-refractivity contribution in [3.05, 3.63) is 34.9 Å². The Kier molecular flexibility index (Phi) is 1.79. The molecule has 2 unspecified atom stereocenters. The quantitative estimate of drug-likeness (QED) is 0.685. The maximum atomic E-state index is 6.20. The van der Waals surface area contributed by atoms with Crippen molar-refractivity contribution >= 4 is 0 Å². The molecule has 0 aromatic heterocycles. The molecular formula is C14H19N. The summed E-state index contributed by atoms with van der Waals surface area (Å²) in [6.07, 6.45) is 3.80. The Morgan fingerprint density at radius 1 is 1.33 bits per heavy atom. The largest absolute Gasteiger partial charge is 0.324 e. The minimum absolute atomic E-state index is 0.291. The van der Waals surface area contributed by atoms with Crippen LogP contribution in [0.25, 0.3) is 0 Å². The van der Waals surface area contributed by atoms with Gasteiger partial charge in [0.1, 0.15) is 0 Å². The van der Waals surface area contributed by atoms with Gasteiger partial charge in [-0.2, -0.15) is 0 Å². The van der Waals surface area contributed by atoms with Crippen LogP contribution in [0.4, 0.5) is 0 Å². The standard InChI is InChI=1S/C14H19N/c1-14(2)7-6-9-8-12(15)10-4-3-5-11(14)13(9)10/h3-5,9,12H,6-8,15H2,1-2H3. The molecule has 0 spiro atoms. The molecule has 15 heavy (non-hydrogen) atoms. The summed E-state index contributed by atoms with van der Waals surface area (Å²) in [5, 5.41) is 0. The lowest BCUT2D eigenvalue weighted by atomic mass is 9.69. The summed E-state index contributed by atoms with van der Waals surface area (Å²) in [6.45, 7) is 4.73. The Bertz CT molecular complexity index is 406. The Morgan fingerprint density at radius 3 is 2.93 bits per heavy atom. The van der Waals surface area contributed by atoms with Gasteiger partial charge < -0.3 is 5.73 Å². The lowest BCUT2D eigenvalue weighted by Gasteiger charge is -2.35. The van der Waals surface area contributed by atoms with E-state index in [2.05, 4.69) is 32.0 Å². The van der Waals surface area contributed by atoms with Gasteiger partial charge in [0.15, 0.2) is 0 Å². The second-order valence-corrected chi connectivity index (χ2v) is 5.77. The predicted octanol–water partition coefficient (Wildman–Crippen LogP) is 3.25. The van der Waals surface area contributed by atoms with E-state index in [1.54, 1.807) is 11.1 Å². The normalized spacial score (nSPS) is 31.4. The third-order valence-electron chi connectivity index (χ3n) is 4.33. The summed E-state index contributed by atoms with van der Waals surface area (Å²) < 4.78 is 0. The summed E-state index contributed by atoms with van der Waals surface area (Å²) in [5.41, 5.74) is 11.1. The van der Waals surface area contributed by atoms with E-state index in [0.717, 1.165) is 5.92 Å². The van der Waals surface area contributed by atoms with Gasteiger partial charge in [0.05, 0.1) is 0 Å². The van der Waals surface area contributed by atoms with Crippen LogP contribution in [0.15, 0.2) is 18.2 Å². The third kappa shape index (κ3) is 1.19. The Balaban J connectivity index is 2.25. The summed E-state index contributed by atoms with van der Waals surface area (Å²) in [7, 11) is 0. The summed E-state index contributed by atoms with van der Waals surface area (Å²) in [4.78, 5) is 0. The van der Waals surface area contributed by atoms with E-state index in [1.165, 1.54) is 24.8 Å². The van der Waals surface area contributed by atoms with E-state index in [9.17, 15) is 0 Å². The van der Waals surface area contributed by atoms with Crippen LogP contribution in [0, 0.1) is 0 Å². The molecule has 0 heterocycles. The first-order valence-corrected chi connectivity index (χ1v) is 5.98. The van der Waals surface area contributed by atoms with E-state index >= 15 is 0 Å². The zero-order valence-corrected chi connectivity index (χ0v) is 9.59. The fourth-order valence-electron chi connectivity index (χ4n) is 3.44. The van der Waals surface area contributed by atoms with Crippen LogP contribution < -0.4 is 5.73 Å². The van der Waals surface area contributed by atoms with Crippen LogP contribution in [0.3, 0.4) is 0 Å². The Labute approximate surface area is 91.7 Å². The van der Waals surface area contributed by atoms with Crippen LogP contribution in [-0.4, -0.2) is 0 Å². The van der Waals surface area contributed by atoms with Crippen molar-refractivity contribution in [2.24, 2.45) is 5.73 Å². The molecule has 0 bridgehead atoms. The maximum Gasteiger partial charge on any atom is 0.0303 e. The zero-order chi connectivity index (χ0) is 10.6. The van der Waals surface area contributed by atoms with Gasteiger partial charge in [-0.1, -0.05) is 32.0 Å². The molecule has 0 aliphatic heterocycles. The molecular weight excluding hydrogens is 182 g/mol. The lowest BCUT2D eigenvalue weighted by molar-refractivity contribution is 0.389. The summed E-state index contributed by atoms with van der Waals surface area (Å²) in [6, 6.07) is 7.01. The van der Waals surface area contributed by atoms with Crippen molar-refractivity contribution in [3.8, 4) is 0 Å². The first kappa shape index (κ1) is 9.41. The van der Waals surface area contributed by atoms with Crippen LogP contribution in [0.5, 0.6) is 0 Å². The molecule has 1 nitrogen and oxygen atoms in total. The van der Waals surface area contributed by atoms with Crippen molar-refractivity contribution in [1.82, 2.24) is 0 Å². The van der Waals surface area contributed by atoms with Gasteiger partial charge in [0, 0.05) is 6.04 Å². The molecule has 2 atom stereocenters. The Hall–Kier alpha value is -0.820. The van der Waals surface area contributed by atoms with Gasteiger partial charge in [-0.15, -0.1) is 0 Å². The Morgan fingerprint density at radius 2 is 2.13 bits per heavy atom. The van der Waals surface area contributed by atoms with Crippen molar-refractivity contribution in [3.63, 3.8) is 0 Å². The lowest BCUT2D eigenvalue weighted by Crippen LogP contribution is -2.25. The van der Waals surface area contributed by atoms with E-state index in [4.69, 9.17) is 5.73 Å². The molecule has 2 aliphatic rings. The van der Waals surface area contributed by atoms with Crippen molar-refractivity contribution in [2.75, 3.05) is 0 Å². The molecule has 80 valence electrons. The molecule has 0 fully saturated rings. The van der Waals surface area contributed by atoms with E-state index in [0.29, 0.717) is 11.5 Å². The average molecular weight is 201 g/mol. The smallest absolute Gasteiger partial charge is 0.0303 e. The van der Waals surface area contributed by atoms with Gasteiger partial charge in [-0.25, -0.2) is 0 Å². The van der Waals surface area contributed by atoms with Crippen LogP contribution >= 0.6 is 0 Å². The van der Waals surface area contributed by atoms with Crippen LogP contribution in [0.2, 0.25) is 0 Å². The van der Waals surface area contributed by atoms with Crippen LogP contribution in [-0.2, 0) is 5.41 Å². The molecule has 0 saturated carbocycles. The second kappa shape index (κ2) is 2.85. The molecule has 0 amide bonds. The molecule has 1 aromatic rings. The van der Waals surface area contributed by atoms with Gasteiger partial charge in [-0.3, -0.25) is 0 Å². The zero-order valence-electron chi connectivity index (χ0n) is 9.59. The van der Waals surface area contributed by atoms with Gasteiger partial charge >= 0.3 is 0 Å². The first-order chi connectivity index (χ1) is 7.09. The van der Waals surface area contributed by atoms with E-state index in [1.807, 2.05) is 0 Å². The van der Waals surface area contributed by atoms with Crippen molar-refractivity contribution < 1.29 is 0 Å². The summed E-state index contributed by atoms with van der Waals surface area (Å²) in [5.74, 6) is 0.749. The van der Waals surface area contributed by atoms with Gasteiger partial charge in [0.25, 0.3) is 0 Å². The SMILES string of the molecule is CC1(C)CCC2CC(N)c3cccc1c32. The number of benzene rings is 1. The number of hydrogen-bond donors (Lipinski definition) is 1. The molecule has 0 saturated heterocycles. The molecule has 1 aromatic carbocycles. The molecule has 2 aliphatic carbocycles. The highest BCUT2D eigenvalue weighted by atomic mass is 14.7. The van der Waals surface area contributed by atoms with Gasteiger partial charge in [0.2, 0.25) is 0 Å². The van der Waals surface area contributed by atoms with Crippen molar-refractivity contribution in [2.45, 2.75) is 50.5 Å². The maximum absolute atomic E-state index is 6.20. The predicted molar refractivity (Wildman–Crippen MR) is 63.0 cm³/mol. The van der Waals surface area contributed by atoms with Crippen molar-refractivity contribution in [1.29, 1.82) is 0 Å². The van der Waals surface area contributed by atoms with Crippen LogP contribution in [0.1, 0.15) is 61.8 Å². The summed E-state index contributed by atoms with van der Waals surface area (Å²) >= 11 is 0. The highest BCUT2D eigenvalue weighted by molar-refractivity contribution is 5.48. The molecule has 2 N–H and O–H groups in total. The number of nitrogens with two attached hydrogens (primary N) is 1. The number of rotatable bonds is 0. The fraction of sp³-hybridized carbons (Fsp3) is 0.571. The van der Waals surface area contributed by atoms with E-state index in [-0.39, 0.29) is 0 Å². The minimum atomic E-state index is 0.291. The average Bonchev–Trinajstić information content (AvgIpc) is 2.52. The van der Waals surface area contributed by atoms with E-state index < -0.39 is 0 Å². The second-order valence-electron chi connectivity index (χ2n) is 5.77. The monoisotopic (exact) mass is 201 g/mol. The molecule has 3 rings (SSSR count). The topological polar surface area (TPSA) is 26.0 Å². The highest BCUT2D eigenvalue weighted by Crippen LogP contribution is 2.51.